The Kier molecular flexibility index (Phi) is 1.50. The van der Waals surface area contributed by atoms with E-state index >= 15 is 0 Å². The summed E-state index contributed by atoms with van der Waals surface area (Å²) in [7, 11) is 0. The van der Waals surface area contributed by atoms with Crippen molar-refractivity contribution in [3.63, 3.8) is 0 Å². The lowest BCUT2D eigenvalue weighted by atomic mass is 10.4. The van der Waals surface area contributed by atoms with Crippen molar-refractivity contribution in [2.75, 3.05) is 11.5 Å². The van der Waals surface area contributed by atoms with Gasteiger partial charge in [0.25, 0.3) is 0 Å². The maximum atomic E-state index is 5.51. The molecule has 5 nitrogen and oxygen atoms in total. The molecule has 1 aromatic heterocycles. The molecule has 0 saturated carbocycles. The fourth-order valence-electron chi connectivity index (χ4n) is 0.752. The van der Waals surface area contributed by atoms with Crippen LogP contribution in [0.15, 0.2) is 0 Å². The van der Waals surface area contributed by atoms with Gasteiger partial charge in [0.1, 0.15) is 5.82 Å². The number of aryl methyl sites for hydroxylation is 1. The van der Waals surface area contributed by atoms with Crippen LogP contribution in [0.25, 0.3) is 0 Å². The highest BCUT2D eigenvalue weighted by Gasteiger charge is 2.05. The van der Waals surface area contributed by atoms with E-state index in [9.17, 15) is 0 Å². The van der Waals surface area contributed by atoms with Gasteiger partial charge in [0, 0.05) is 0 Å². The summed E-state index contributed by atoms with van der Waals surface area (Å²) in [5.41, 5.74) is 17.6. The number of rotatable bonds is 1. The first kappa shape index (κ1) is 6.88. The van der Waals surface area contributed by atoms with Gasteiger partial charge in [0.05, 0.1) is 18.1 Å². The first-order valence-corrected chi connectivity index (χ1v) is 2.95. The highest BCUT2D eigenvalue weighted by Crippen LogP contribution is 2.16. The first-order valence-electron chi connectivity index (χ1n) is 2.95. The van der Waals surface area contributed by atoms with E-state index in [-0.39, 0.29) is 6.67 Å². The van der Waals surface area contributed by atoms with Gasteiger partial charge in [-0.05, 0) is 6.92 Å². The molecule has 0 atom stereocenters. The molecule has 0 unspecified atom stereocenters. The van der Waals surface area contributed by atoms with Gasteiger partial charge in [-0.15, -0.1) is 0 Å². The molecule has 5 heteroatoms. The van der Waals surface area contributed by atoms with E-state index in [1.807, 2.05) is 0 Å². The van der Waals surface area contributed by atoms with Crippen molar-refractivity contribution in [2.45, 2.75) is 13.6 Å². The molecule has 10 heavy (non-hydrogen) atoms. The molecule has 0 radical (unpaired) electrons. The molecule has 0 amide bonds. The van der Waals surface area contributed by atoms with Gasteiger partial charge in [-0.1, -0.05) is 0 Å². The zero-order chi connectivity index (χ0) is 7.72. The summed E-state index contributed by atoms with van der Waals surface area (Å²) < 4.78 is 1.46. The molecule has 1 rings (SSSR count). The fourth-order valence-corrected chi connectivity index (χ4v) is 0.752. The maximum Gasteiger partial charge on any atom is 0.146 e. The SMILES string of the molecule is Cc1nn(CN)c(N)c1N. The van der Waals surface area contributed by atoms with Gasteiger partial charge in [-0.2, -0.15) is 5.10 Å². The van der Waals surface area contributed by atoms with Gasteiger partial charge >= 0.3 is 0 Å². The fraction of sp³-hybridized carbons (Fsp3) is 0.400. The Morgan fingerprint density at radius 3 is 2.30 bits per heavy atom. The third-order valence-electron chi connectivity index (χ3n) is 1.39. The Bertz CT molecular complexity index is 238. The monoisotopic (exact) mass is 141 g/mol. The van der Waals surface area contributed by atoms with Crippen LogP contribution in [0.5, 0.6) is 0 Å². The smallest absolute Gasteiger partial charge is 0.146 e. The Morgan fingerprint density at radius 2 is 2.10 bits per heavy atom. The van der Waals surface area contributed by atoms with Crippen LogP contribution in [0.4, 0.5) is 11.5 Å². The van der Waals surface area contributed by atoms with E-state index in [0.717, 1.165) is 5.69 Å². The largest absolute Gasteiger partial charge is 0.394 e. The number of hydrogen-bond donors (Lipinski definition) is 3. The third-order valence-corrected chi connectivity index (χ3v) is 1.39. The number of aromatic nitrogens is 2. The highest BCUT2D eigenvalue weighted by molar-refractivity contribution is 5.61. The van der Waals surface area contributed by atoms with Crippen LogP contribution in [0, 0.1) is 6.92 Å². The normalized spacial score (nSPS) is 10.2. The van der Waals surface area contributed by atoms with Crippen molar-refractivity contribution in [1.82, 2.24) is 9.78 Å². The predicted molar refractivity (Wildman–Crippen MR) is 40.0 cm³/mol. The lowest BCUT2D eigenvalue weighted by Crippen LogP contribution is -2.11. The van der Waals surface area contributed by atoms with E-state index in [4.69, 9.17) is 17.2 Å². The number of anilines is 2. The summed E-state index contributed by atoms with van der Waals surface area (Å²) in [5, 5.41) is 3.97. The van der Waals surface area contributed by atoms with Crippen molar-refractivity contribution < 1.29 is 0 Å². The molecule has 0 aromatic carbocycles. The minimum atomic E-state index is 0.268. The Hall–Kier alpha value is -1.23. The van der Waals surface area contributed by atoms with Crippen molar-refractivity contribution >= 4 is 11.5 Å². The number of hydrogen-bond acceptors (Lipinski definition) is 4. The average Bonchev–Trinajstić information content (AvgIpc) is 2.17. The molecule has 56 valence electrons. The topological polar surface area (TPSA) is 95.9 Å². The molecule has 0 aliphatic carbocycles. The zero-order valence-corrected chi connectivity index (χ0v) is 5.83. The standard InChI is InChI=1S/C5H11N5/c1-3-4(7)5(8)10(2-6)9-3/h2,6-8H2,1H3. The van der Waals surface area contributed by atoms with Gasteiger partial charge < -0.3 is 17.2 Å². The molecule has 1 aromatic rings. The second kappa shape index (κ2) is 2.18. The van der Waals surface area contributed by atoms with Crippen LogP contribution in [-0.4, -0.2) is 9.78 Å². The Morgan fingerprint density at radius 1 is 1.50 bits per heavy atom. The molecular weight excluding hydrogens is 130 g/mol. The zero-order valence-electron chi connectivity index (χ0n) is 5.83. The number of nitrogens with zero attached hydrogens (tertiary/aromatic N) is 2. The summed E-state index contributed by atoms with van der Waals surface area (Å²) in [6, 6.07) is 0. The second-order valence-electron chi connectivity index (χ2n) is 2.07. The predicted octanol–water partition coefficient (Wildman–Crippen LogP) is -0.728. The van der Waals surface area contributed by atoms with Gasteiger partial charge in [-0.3, -0.25) is 0 Å². The molecule has 0 aliphatic rings. The van der Waals surface area contributed by atoms with Crippen molar-refractivity contribution in [1.29, 1.82) is 0 Å². The molecule has 0 bridgehead atoms. The Balaban J connectivity index is 3.17. The average molecular weight is 141 g/mol. The van der Waals surface area contributed by atoms with E-state index < -0.39 is 0 Å². The van der Waals surface area contributed by atoms with Gasteiger partial charge in [-0.25, -0.2) is 4.68 Å². The van der Waals surface area contributed by atoms with Crippen LogP contribution in [-0.2, 0) is 6.67 Å². The summed E-state index contributed by atoms with van der Waals surface area (Å²) >= 11 is 0. The molecular formula is C5H11N5. The minimum absolute atomic E-state index is 0.268. The second-order valence-corrected chi connectivity index (χ2v) is 2.07. The molecule has 0 aliphatic heterocycles. The van der Waals surface area contributed by atoms with Crippen molar-refractivity contribution in [3.8, 4) is 0 Å². The van der Waals surface area contributed by atoms with Crippen molar-refractivity contribution in [2.24, 2.45) is 5.73 Å². The molecule has 6 N–H and O–H groups in total. The lowest BCUT2D eigenvalue weighted by Gasteiger charge is -1.96. The van der Waals surface area contributed by atoms with Crippen LogP contribution in [0.1, 0.15) is 5.69 Å². The van der Waals surface area contributed by atoms with Crippen LogP contribution < -0.4 is 17.2 Å². The quantitative estimate of drug-likeness (QED) is 0.480. The van der Waals surface area contributed by atoms with E-state index in [0.29, 0.717) is 11.5 Å². The van der Waals surface area contributed by atoms with Crippen LogP contribution in [0.3, 0.4) is 0 Å². The summed E-state index contributed by atoms with van der Waals surface area (Å²) in [4.78, 5) is 0. The summed E-state index contributed by atoms with van der Waals surface area (Å²) in [6.07, 6.45) is 0. The van der Waals surface area contributed by atoms with Crippen LogP contribution >= 0.6 is 0 Å². The molecule has 1 heterocycles. The lowest BCUT2D eigenvalue weighted by molar-refractivity contribution is 0.642. The van der Waals surface area contributed by atoms with E-state index in [1.165, 1.54) is 4.68 Å². The number of nitrogen functional groups attached to an aromatic ring is 2. The summed E-state index contributed by atoms with van der Waals surface area (Å²) in [5.74, 6) is 0.444. The van der Waals surface area contributed by atoms with Gasteiger partial charge in [0.15, 0.2) is 0 Å². The third kappa shape index (κ3) is 0.801. The molecule has 0 spiro atoms. The van der Waals surface area contributed by atoms with E-state index in [2.05, 4.69) is 5.10 Å². The van der Waals surface area contributed by atoms with E-state index in [1.54, 1.807) is 6.92 Å². The summed E-state index contributed by atoms with van der Waals surface area (Å²) in [6.45, 7) is 2.06. The molecule has 0 saturated heterocycles. The van der Waals surface area contributed by atoms with Crippen molar-refractivity contribution in [3.05, 3.63) is 5.69 Å². The maximum absolute atomic E-state index is 5.51. The van der Waals surface area contributed by atoms with Crippen LogP contribution in [0.2, 0.25) is 0 Å². The molecule has 0 fully saturated rings. The Labute approximate surface area is 58.8 Å². The first-order chi connectivity index (χ1) is 4.66. The van der Waals surface area contributed by atoms with Gasteiger partial charge in [0.2, 0.25) is 0 Å². The number of nitrogens with two attached hydrogens (primary N) is 3. The minimum Gasteiger partial charge on any atom is -0.394 e. The highest BCUT2D eigenvalue weighted by atomic mass is 15.3.